The summed E-state index contributed by atoms with van der Waals surface area (Å²) in [6.45, 7) is 4.25. The maximum absolute atomic E-state index is 9.38. The van der Waals surface area contributed by atoms with Gasteiger partial charge in [0.05, 0.1) is 18.6 Å². The Balaban J connectivity index is 1.66. The standard InChI is InChI=1S/C17H17N7OS/c18-8-14-22-19-10-24(14)16-15-11-2-1-3-12(11)26-17(15)21-13(20-16)9-23-4-6-25-7-5-23/h10H,1-7,9H2/p+1. The molecule has 0 spiro atoms. The summed E-state index contributed by atoms with van der Waals surface area (Å²) in [5.41, 5.74) is 1.34. The zero-order valence-electron chi connectivity index (χ0n) is 14.2. The summed E-state index contributed by atoms with van der Waals surface area (Å²) in [6, 6.07) is 2.11. The number of morpholine rings is 1. The first-order chi connectivity index (χ1) is 12.8. The quantitative estimate of drug-likeness (QED) is 0.702. The molecule has 0 unspecified atom stereocenters. The van der Waals surface area contributed by atoms with Crippen LogP contribution in [0.4, 0.5) is 0 Å². The second-order valence-electron chi connectivity index (χ2n) is 6.68. The lowest BCUT2D eigenvalue weighted by atomic mass is 10.2. The highest BCUT2D eigenvalue weighted by Gasteiger charge is 2.25. The summed E-state index contributed by atoms with van der Waals surface area (Å²) in [6.07, 6.45) is 4.89. The Kier molecular flexibility index (Phi) is 3.89. The Bertz CT molecular complexity index is 1010. The summed E-state index contributed by atoms with van der Waals surface area (Å²) in [7, 11) is 0. The van der Waals surface area contributed by atoms with E-state index in [4.69, 9.17) is 14.7 Å². The Morgan fingerprint density at radius 3 is 3.00 bits per heavy atom. The number of quaternary nitrogens is 1. The molecule has 0 bridgehead atoms. The van der Waals surface area contributed by atoms with Gasteiger partial charge in [-0.3, -0.25) is 4.57 Å². The second kappa shape index (κ2) is 6.39. The first-order valence-corrected chi connectivity index (χ1v) is 9.68. The molecule has 1 N–H and O–H groups in total. The van der Waals surface area contributed by atoms with Crippen molar-refractivity contribution in [3.8, 4) is 11.9 Å². The maximum Gasteiger partial charge on any atom is 0.240 e. The van der Waals surface area contributed by atoms with Gasteiger partial charge >= 0.3 is 0 Å². The van der Waals surface area contributed by atoms with Gasteiger partial charge in [0.1, 0.15) is 36.9 Å². The predicted octanol–water partition coefficient (Wildman–Crippen LogP) is 0.0475. The molecule has 0 radical (unpaired) electrons. The molecule has 26 heavy (non-hydrogen) atoms. The van der Waals surface area contributed by atoms with Crippen molar-refractivity contribution in [2.45, 2.75) is 25.8 Å². The van der Waals surface area contributed by atoms with E-state index in [2.05, 4.69) is 16.3 Å². The molecule has 1 aliphatic heterocycles. The minimum absolute atomic E-state index is 0.257. The van der Waals surface area contributed by atoms with Gasteiger partial charge in [0.15, 0.2) is 11.6 Å². The molecule has 2 aliphatic rings. The van der Waals surface area contributed by atoms with E-state index < -0.39 is 0 Å². The van der Waals surface area contributed by atoms with E-state index in [0.29, 0.717) is 0 Å². The number of hydrogen-bond acceptors (Lipinski definition) is 7. The number of nitrogens with one attached hydrogen (secondary N) is 1. The fourth-order valence-corrected chi connectivity index (χ4v) is 5.07. The molecule has 0 amide bonds. The van der Waals surface area contributed by atoms with Gasteiger partial charge in [-0.15, -0.1) is 21.5 Å². The molecule has 0 aromatic carbocycles. The number of fused-ring (bicyclic) bond motifs is 3. The number of ether oxygens (including phenoxy) is 1. The topological polar surface area (TPSA) is 94.0 Å². The van der Waals surface area contributed by atoms with E-state index in [1.165, 1.54) is 21.8 Å². The molecular formula is C17H18N7OS+. The number of nitriles is 1. The van der Waals surface area contributed by atoms with Crippen LogP contribution >= 0.6 is 11.3 Å². The average Bonchev–Trinajstić information content (AvgIpc) is 3.37. The molecule has 4 heterocycles. The lowest BCUT2D eigenvalue weighted by Gasteiger charge is -2.23. The molecule has 3 aromatic rings. The van der Waals surface area contributed by atoms with Gasteiger partial charge in [-0.1, -0.05) is 0 Å². The molecule has 9 heteroatoms. The van der Waals surface area contributed by atoms with Crippen LogP contribution in [0.5, 0.6) is 0 Å². The van der Waals surface area contributed by atoms with Crippen LogP contribution < -0.4 is 4.90 Å². The molecule has 1 saturated heterocycles. The molecule has 8 nitrogen and oxygen atoms in total. The van der Waals surface area contributed by atoms with Crippen LogP contribution in [0.2, 0.25) is 0 Å². The Morgan fingerprint density at radius 2 is 2.15 bits per heavy atom. The van der Waals surface area contributed by atoms with Crippen molar-refractivity contribution in [1.29, 1.82) is 5.26 Å². The van der Waals surface area contributed by atoms with Crippen LogP contribution in [0.25, 0.3) is 16.0 Å². The predicted molar refractivity (Wildman–Crippen MR) is 94.3 cm³/mol. The summed E-state index contributed by atoms with van der Waals surface area (Å²) in [5, 5.41) is 18.3. The van der Waals surface area contributed by atoms with Crippen molar-refractivity contribution in [3.05, 3.63) is 28.4 Å². The zero-order chi connectivity index (χ0) is 17.5. The minimum Gasteiger partial charge on any atom is -0.370 e. The Labute approximate surface area is 154 Å². The van der Waals surface area contributed by atoms with E-state index in [1.807, 2.05) is 0 Å². The number of hydrogen-bond donors (Lipinski definition) is 1. The molecule has 1 aliphatic carbocycles. The molecule has 0 saturated carbocycles. The van der Waals surface area contributed by atoms with E-state index in [-0.39, 0.29) is 5.82 Å². The van der Waals surface area contributed by atoms with Gasteiger partial charge in [-0.05, 0) is 24.8 Å². The van der Waals surface area contributed by atoms with E-state index in [9.17, 15) is 5.26 Å². The second-order valence-corrected chi connectivity index (χ2v) is 7.76. The monoisotopic (exact) mass is 368 g/mol. The van der Waals surface area contributed by atoms with Gasteiger partial charge in [0.25, 0.3) is 0 Å². The summed E-state index contributed by atoms with van der Waals surface area (Å²) in [5.74, 6) is 1.81. The van der Waals surface area contributed by atoms with Crippen molar-refractivity contribution in [2.75, 3.05) is 26.3 Å². The van der Waals surface area contributed by atoms with Crippen LogP contribution in [0.3, 0.4) is 0 Å². The van der Waals surface area contributed by atoms with Crippen molar-refractivity contribution >= 4 is 21.6 Å². The van der Waals surface area contributed by atoms with Crippen molar-refractivity contribution in [1.82, 2.24) is 24.7 Å². The van der Waals surface area contributed by atoms with E-state index in [1.54, 1.807) is 22.2 Å². The third-order valence-corrected chi connectivity index (χ3v) is 6.26. The minimum atomic E-state index is 0.257. The van der Waals surface area contributed by atoms with Gasteiger partial charge in [0, 0.05) is 4.88 Å². The molecule has 3 aromatic heterocycles. The van der Waals surface area contributed by atoms with Gasteiger partial charge < -0.3 is 9.64 Å². The summed E-state index contributed by atoms with van der Waals surface area (Å²) < 4.78 is 7.15. The molecule has 0 atom stereocenters. The summed E-state index contributed by atoms with van der Waals surface area (Å²) >= 11 is 1.77. The third-order valence-electron chi connectivity index (χ3n) is 5.08. The maximum atomic E-state index is 9.38. The van der Waals surface area contributed by atoms with Crippen LogP contribution in [0.15, 0.2) is 6.33 Å². The van der Waals surface area contributed by atoms with E-state index in [0.717, 1.165) is 67.5 Å². The van der Waals surface area contributed by atoms with Gasteiger partial charge in [0.2, 0.25) is 5.82 Å². The normalized spacial score (nSPS) is 17.5. The number of nitrogens with zero attached hydrogens (tertiary/aromatic N) is 6. The van der Waals surface area contributed by atoms with Crippen LogP contribution in [0, 0.1) is 11.3 Å². The highest BCUT2D eigenvalue weighted by molar-refractivity contribution is 7.19. The number of rotatable bonds is 3. The molecule has 132 valence electrons. The van der Waals surface area contributed by atoms with E-state index >= 15 is 0 Å². The Hall–Kier alpha value is -2.41. The largest absolute Gasteiger partial charge is 0.370 e. The fourth-order valence-electron chi connectivity index (χ4n) is 3.80. The third kappa shape index (κ3) is 2.58. The van der Waals surface area contributed by atoms with Gasteiger partial charge in [-0.25, -0.2) is 9.97 Å². The van der Waals surface area contributed by atoms with Crippen LogP contribution in [-0.2, 0) is 24.1 Å². The van der Waals surface area contributed by atoms with Crippen LogP contribution in [-0.4, -0.2) is 51.0 Å². The first-order valence-electron chi connectivity index (χ1n) is 8.86. The lowest BCUT2D eigenvalue weighted by molar-refractivity contribution is -0.922. The SMILES string of the molecule is N#Cc1nncn1-c1nc(C[NH+]2CCOCC2)nc2sc3c(c12)CCC3. The number of aryl methyl sites for hydroxylation is 2. The fraction of sp³-hybridized carbons (Fsp3) is 0.471. The molecule has 5 rings (SSSR count). The highest BCUT2D eigenvalue weighted by atomic mass is 32.1. The molecular weight excluding hydrogens is 350 g/mol. The number of thiophene rings is 1. The smallest absolute Gasteiger partial charge is 0.240 e. The highest BCUT2D eigenvalue weighted by Crippen LogP contribution is 2.38. The lowest BCUT2D eigenvalue weighted by Crippen LogP contribution is -3.12. The average molecular weight is 368 g/mol. The first kappa shape index (κ1) is 15.8. The summed E-state index contributed by atoms with van der Waals surface area (Å²) in [4.78, 5) is 13.6. The van der Waals surface area contributed by atoms with Crippen molar-refractivity contribution < 1.29 is 9.64 Å². The number of aromatic nitrogens is 5. The van der Waals surface area contributed by atoms with Gasteiger partial charge in [-0.2, -0.15) is 5.26 Å². The van der Waals surface area contributed by atoms with Crippen molar-refractivity contribution in [3.63, 3.8) is 0 Å². The molecule has 1 fully saturated rings. The van der Waals surface area contributed by atoms with Crippen LogP contribution in [0.1, 0.15) is 28.5 Å². The zero-order valence-corrected chi connectivity index (χ0v) is 15.1. The van der Waals surface area contributed by atoms with Crippen molar-refractivity contribution in [2.24, 2.45) is 0 Å². The Morgan fingerprint density at radius 1 is 1.27 bits per heavy atom.